The lowest BCUT2D eigenvalue weighted by Gasteiger charge is -2.08. The van der Waals surface area contributed by atoms with Crippen LogP contribution >= 0.6 is 11.6 Å². The minimum atomic E-state index is -0.985. The Kier molecular flexibility index (Phi) is 4.59. The van der Waals surface area contributed by atoms with E-state index in [0.29, 0.717) is 17.9 Å². The van der Waals surface area contributed by atoms with Crippen LogP contribution in [0, 0.1) is 0 Å². The van der Waals surface area contributed by atoms with Gasteiger partial charge < -0.3 is 10.2 Å². The molecule has 0 fully saturated rings. The third-order valence-corrected chi connectivity index (χ3v) is 2.48. The molecular weight excluding hydrogens is 216 g/mol. The maximum atomic E-state index is 10.3. The molecule has 0 spiro atoms. The smallest absolute Gasteiger partial charge is 0.305 e. The first-order chi connectivity index (χ1) is 7.09. The molecule has 1 atom stereocenters. The molecule has 2 N–H and O–H groups in total. The Morgan fingerprint density at radius 3 is 2.67 bits per heavy atom. The number of aryl methyl sites for hydroxylation is 1. The molecular formula is C11H13ClO3. The summed E-state index contributed by atoms with van der Waals surface area (Å²) < 4.78 is 0. The number of aliphatic hydroxyl groups is 1. The Hall–Kier alpha value is -1.06. The van der Waals surface area contributed by atoms with Gasteiger partial charge in [-0.3, -0.25) is 4.79 Å². The zero-order valence-corrected chi connectivity index (χ0v) is 8.94. The molecule has 0 aliphatic carbocycles. The number of aliphatic carboxylic acids is 1. The molecule has 1 unspecified atom stereocenters. The molecule has 0 heterocycles. The fourth-order valence-electron chi connectivity index (χ4n) is 1.33. The minimum absolute atomic E-state index is 0.218. The summed E-state index contributed by atoms with van der Waals surface area (Å²) in [6.45, 7) is 0. The van der Waals surface area contributed by atoms with Crippen molar-refractivity contribution < 1.29 is 15.0 Å². The van der Waals surface area contributed by atoms with Gasteiger partial charge in [0.05, 0.1) is 12.5 Å². The maximum absolute atomic E-state index is 10.3. The van der Waals surface area contributed by atoms with Gasteiger partial charge in [-0.05, 0) is 24.5 Å². The molecule has 0 saturated heterocycles. The third-order valence-electron chi connectivity index (χ3n) is 2.11. The van der Waals surface area contributed by atoms with Gasteiger partial charge >= 0.3 is 5.97 Å². The predicted octanol–water partition coefficient (Wildman–Crippen LogP) is 2.11. The van der Waals surface area contributed by atoms with Gasteiger partial charge in [0.1, 0.15) is 0 Å². The van der Waals surface area contributed by atoms with Gasteiger partial charge in [-0.15, -0.1) is 0 Å². The van der Waals surface area contributed by atoms with E-state index in [-0.39, 0.29) is 6.42 Å². The Bertz CT molecular complexity index is 338. The number of hydrogen-bond acceptors (Lipinski definition) is 2. The number of carbonyl (C=O) groups is 1. The van der Waals surface area contributed by atoms with Crippen molar-refractivity contribution in [1.29, 1.82) is 0 Å². The molecule has 82 valence electrons. The van der Waals surface area contributed by atoms with Crippen LogP contribution in [0.2, 0.25) is 5.02 Å². The Morgan fingerprint density at radius 2 is 2.07 bits per heavy atom. The first kappa shape index (κ1) is 12.0. The van der Waals surface area contributed by atoms with E-state index in [1.54, 1.807) is 6.07 Å². The van der Waals surface area contributed by atoms with Crippen LogP contribution in [-0.4, -0.2) is 22.3 Å². The minimum Gasteiger partial charge on any atom is -0.481 e. The summed E-state index contributed by atoms with van der Waals surface area (Å²) in [5, 5.41) is 18.5. The van der Waals surface area contributed by atoms with Gasteiger partial charge in [0.15, 0.2) is 0 Å². The van der Waals surface area contributed by atoms with E-state index in [0.717, 1.165) is 5.56 Å². The average Bonchev–Trinajstić information content (AvgIpc) is 2.15. The highest BCUT2D eigenvalue weighted by Gasteiger charge is 2.10. The lowest BCUT2D eigenvalue weighted by atomic mass is 10.1. The highest BCUT2D eigenvalue weighted by Crippen LogP contribution is 2.17. The van der Waals surface area contributed by atoms with Crippen LogP contribution in [-0.2, 0) is 11.2 Å². The number of benzene rings is 1. The first-order valence-corrected chi connectivity index (χ1v) is 5.10. The number of carboxylic acid groups (broad SMARTS) is 1. The second-order valence-electron chi connectivity index (χ2n) is 3.38. The lowest BCUT2D eigenvalue weighted by Crippen LogP contribution is -2.13. The molecule has 1 aromatic rings. The molecule has 0 radical (unpaired) electrons. The largest absolute Gasteiger partial charge is 0.481 e. The Balaban J connectivity index is 2.43. The van der Waals surface area contributed by atoms with E-state index in [4.69, 9.17) is 16.7 Å². The molecule has 0 aliphatic heterocycles. The molecule has 15 heavy (non-hydrogen) atoms. The summed E-state index contributed by atoms with van der Waals surface area (Å²) in [7, 11) is 0. The van der Waals surface area contributed by atoms with Crippen molar-refractivity contribution >= 4 is 17.6 Å². The molecule has 1 aromatic carbocycles. The van der Waals surface area contributed by atoms with Crippen LogP contribution in [0.5, 0.6) is 0 Å². The topological polar surface area (TPSA) is 57.5 Å². The van der Waals surface area contributed by atoms with Crippen LogP contribution in [0.25, 0.3) is 0 Å². The summed E-state index contributed by atoms with van der Waals surface area (Å²) in [4.78, 5) is 10.3. The second-order valence-corrected chi connectivity index (χ2v) is 3.79. The lowest BCUT2D eigenvalue weighted by molar-refractivity contribution is -0.139. The van der Waals surface area contributed by atoms with Crippen molar-refractivity contribution in [2.45, 2.75) is 25.4 Å². The van der Waals surface area contributed by atoms with Crippen molar-refractivity contribution in [2.24, 2.45) is 0 Å². The number of hydrogen-bond donors (Lipinski definition) is 2. The number of rotatable bonds is 5. The summed E-state index contributed by atoms with van der Waals surface area (Å²) in [5.74, 6) is -0.985. The van der Waals surface area contributed by atoms with Crippen LogP contribution in [0.4, 0.5) is 0 Å². The average molecular weight is 229 g/mol. The van der Waals surface area contributed by atoms with Gasteiger partial charge in [0.25, 0.3) is 0 Å². The van der Waals surface area contributed by atoms with E-state index in [1.165, 1.54) is 0 Å². The van der Waals surface area contributed by atoms with E-state index in [1.807, 2.05) is 18.2 Å². The highest BCUT2D eigenvalue weighted by molar-refractivity contribution is 6.31. The normalized spacial score (nSPS) is 12.4. The molecule has 3 nitrogen and oxygen atoms in total. The monoisotopic (exact) mass is 228 g/mol. The standard InChI is InChI=1S/C11H13ClO3/c12-10-4-2-1-3-8(10)5-6-9(13)7-11(14)15/h1-4,9,13H,5-7H2,(H,14,15). The molecule has 4 heteroatoms. The summed E-state index contributed by atoms with van der Waals surface area (Å²) in [5.41, 5.74) is 0.934. The number of aliphatic hydroxyl groups excluding tert-OH is 1. The van der Waals surface area contributed by atoms with E-state index in [9.17, 15) is 9.90 Å². The van der Waals surface area contributed by atoms with Crippen molar-refractivity contribution in [3.8, 4) is 0 Å². The molecule has 0 bridgehead atoms. The Morgan fingerprint density at radius 1 is 1.40 bits per heavy atom. The van der Waals surface area contributed by atoms with Crippen LogP contribution in [0.1, 0.15) is 18.4 Å². The zero-order valence-electron chi connectivity index (χ0n) is 8.19. The highest BCUT2D eigenvalue weighted by atomic mass is 35.5. The van der Waals surface area contributed by atoms with Gasteiger partial charge in [-0.2, -0.15) is 0 Å². The Labute approximate surface area is 93.3 Å². The second kappa shape index (κ2) is 5.73. The van der Waals surface area contributed by atoms with Crippen LogP contribution in [0.15, 0.2) is 24.3 Å². The van der Waals surface area contributed by atoms with Gasteiger partial charge in [0.2, 0.25) is 0 Å². The van der Waals surface area contributed by atoms with Crippen LogP contribution < -0.4 is 0 Å². The van der Waals surface area contributed by atoms with Gasteiger partial charge in [0, 0.05) is 5.02 Å². The van der Waals surface area contributed by atoms with Crippen LogP contribution in [0.3, 0.4) is 0 Å². The molecule has 0 saturated carbocycles. The first-order valence-electron chi connectivity index (χ1n) is 4.73. The molecule has 1 rings (SSSR count). The van der Waals surface area contributed by atoms with Gasteiger partial charge in [-0.25, -0.2) is 0 Å². The molecule has 0 amide bonds. The van der Waals surface area contributed by atoms with Crippen molar-refractivity contribution in [1.82, 2.24) is 0 Å². The summed E-state index contributed by atoms with van der Waals surface area (Å²) in [6.07, 6.45) is -0.0204. The summed E-state index contributed by atoms with van der Waals surface area (Å²) >= 11 is 5.92. The molecule has 0 aliphatic rings. The zero-order chi connectivity index (χ0) is 11.3. The molecule has 0 aromatic heterocycles. The maximum Gasteiger partial charge on any atom is 0.305 e. The fraction of sp³-hybridized carbons (Fsp3) is 0.364. The number of carboxylic acids is 1. The fourth-order valence-corrected chi connectivity index (χ4v) is 1.56. The SMILES string of the molecule is O=C(O)CC(O)CCc1ccccc1Cl. The summed E-state index contributed by atoms with van der Waals surface area (Å²) in [6, 6.07) is 7.35. The van der Waals surface area contributed by atoms with Gasteiger partial charge in [-0.1, -0.05) is 29.8 Å². The number of halogens is 1. The van der Waals surface area contributed by atoms with E-state index >= 15 is 0 Å². The van der Waals surface area contributed by atoms with E-state index in [2.05, 4.69) is 0 Å². The quantitative estimate of drug-likeness (QED) is 0.812. The van der Waals surface area contributed by atoms with Crippen molar-refractivity contribution in [3.05, 3.63) is 34.9 Å². The van der Waals surface area contributed by atoms with Crippen molar-refractivity contribution in [3.63, 3.8) is 0 Å². The predicted molar refractivity (Wildman–Crippen MR) is 58.0 cm³/mol. The third kappa shape index (κ3) is 4.32. The van der Waals surface area contributed by atoms with E-state index < -0.39 is 12.1 Å². The van der Waals surface area contributed by atoms with Crippen molar-refractivity contribution in [2.75, 3.05) is 0 Å².